The summed E-state index contributed by atoms with van der Waals surface area (Å²) in [6.45, 7) is 1.96. The van der Waals surface area contributed by atoms with Crippen LogP contribution in [0.25, 0.3) is 11.0 Å². The van der Waals surface area contributed by atoms with Gasteiger partial charge in [0, 0.05) is 17.0 Å². The quantitative estimate of drug-likeness (QED) is 0.622. The van der Waals surface area contributed by atoms with Gasteiger partial charge in [-0.1, -0.05) is 49.1 Å². The number of hydrogen-bond donors (Lipinski definition) is 2. The summed E-state index contributed by atoms with van der Waals surface area (Å²) >= 11 is 0. The lowest BCUT2D eigenvalue weighted by atomic mass is 9.95. The number of carbonyl (C=O) groups excluding carboxylic acids is 1. The largest absolute Gasteiger partial charge is 0.421 e. The highest BCUT2D eigenvalue weighted by Gasteiger charge is 2.21. The third-order valence-corrected chi connectivity index (χ3v) is 5.32. The number of amides is 1. The Labute approximate surface area is 163 Å². The molecule has 1 heterocycles. The molecule has 0 spiro atoms. The van der Waals surface area contributed by atoms with Gasteiger partial charge in [-0.2, -0.15) is 0 Å². The number of anilines is 2. The van der Waals surface area contributed by atoms with Gasteiger partial charge in [0.1, 0.15) is 5.58 Å². The van der Waals surface area contributed by atoms with Crippen LogP contribution in [0.3, 0.4) is 0 Å². The first-order valence-electron chi connectivity index (χ1n) is 9.82. The maximum atomic E-state index is 12.7. The third-order valence-electron chi connectivity index (χ3n) is 5.32. The van der Waals surface area contributed by atoms with E-state index in [9.17, 15) is 9.59 Å². The van der Waals surface area contributed by atoms with E-state index >= 15 is 0 Å². The molecule has 0 saturated heterocycles. The smallest absolute Gasteiger partial charge is 0.362 e. The van der Waals surface area contributed by atoms with Gasteiger partial charge >= 0.3 is 5.63 Å². The Bertz CT molecular complexity index is 1050. The second kappa shape index (κ2) is 7.89. The van der Waals surface area contributed by atoms with Crippen LogP contribution in [-0.4, -0.2) is 11.9 Å². The normalized spacial score (nSPS) is 14.8. The second-order valence-electron chi connectivity index (χ2n) is 7.44. The molecule has 3 aromatic rings. The molecule has 0 unspecified atom stereocenters. The third kappa shape index (κ3) is 3.79. The zero-order valence-corrected chi connectivity index (χ0v) is 16.0. The van der Waals surface area contributed by atoms with Crippen LogP contribution in [0.4, 0.5) is 11.4 Å². The van der Waals surface area contributed by atoms with Crippen molar-refractivity contribution in [1.82, 2.24) is 0 Å². The SMILES string of the molecule is Cc1ccc(C(=O)Nc2c(NC3CCCCC3)c3ccccc3oc2=O)cc1. The molecule has 144 valence electrons. The number of hydrogen-bond acceptors (Lipinski definition) is 4. The molecule has 1 aliphatic carbocycles. The molecule has 1 fully saturated rings. The van der Waals surface area contributed by atoms with Crippen molar-refractivity contribution in [2.24, 2.45) is 0 Å². The highest BCUT2D eigenvalue weighted by molar-refractivity contribution is 6.08. The van der Waals surface area contributed by atoms with Crippen LogP contribution in [0.2, 0.25) is 0 Å². The van der Waals surface area contributed by atoms with Gasteiger partial charge in [-0.25, -0.2) is 4.79 Å². The van der Waals surface area contributed by atoms with E-state index in [4.69, 9.17) is 4.42 Å². The fourth-order valence-electron chi connectivity index (χ4n) is 3.75. The van der Waals surface area contributed by atoms with E-state index < -0.39 is 5.63 Å². The molecule has 1 saturated carbocycles. The number of para-hydroxylation sites is 1. The molecule has 2 N–H and O–H groups in total. The lowest BCUT2D eigenvalue weighted by Gasteiger charge is -2.25. The first-order chi connectivity index (χ1) is 13.6. The zero-order valence-electron chi connectivity index (χ0n) is 16.0. The molecule has 1 aromatic heterocycles. The Morgan fingerprint density at radius 3 is 2.43 bits per heavy atom. The second-order valence-corrected chi connectivity index (χ2v) is 7.44. The molecule has 0 aliphatic heterocycles. The molecule has 1 aliphatic rings. The molecule has 28 heavy (non-hydrogen) atoms. The van der Waals surface area contributed by atoms with Gasteiger partial charge in [-0.05, 0) is 44.0 Å². The molecule has 0 atom stereocenters. The Balaban J connectivity index is 1.74. The van der Waals surface area contributed by atoms with Gasteiger partial charge in [-0.3, -0.25) is 4.79 Å². The molecule has 5 heteroatoms. The summed E-state index contributed by atoms with van der Waals surface area (Å²) in [4.78, 5) is 25.4. The summed E-state index contributed by atoms with van der Waals surface area (Å²) in [6.07, 6.45) is 5.69. The van der Waals surface area contributed by atoms with Crippen molar-refractivity contribution >= 4 is 28.3 Å². The van der Waals surface area contributed by atoms with E-state index in [0.29, 0.717) is 16.8 Å². The van der Waals surface area contributed by atoms with Crippen molar-refractivity contribution in [3.63, 3.8) is 0 Å². The molecular formula is C23H24N2O3. The van der Waals surface area contributed by atoms with Gasteiger partial charge in [0.05, 0.1) is 5.69 Å². The zero-order chi connectivity index (χ0) is 19.5. The summed E-state index contributed by atoms with van der Waals surface area (Å²) in [5, 5.41) is 7.11. The maximum Gasteiger partial charge on any atom is 0.362 e. The van der Waals surface area contributed by atoms with Crippen molar-refractivity contribution in [2.45, 2.75) is 45.1 Å². The highest BCUT2D eigenvalue weighted by atomic mass is 16.4. The predicted octanol–water partition coefficient (Wildman–Crippen LogP) is 5.10. The Hall–Kier alpha value is -3.08. The monoisotopic (exact) mass is 376 g/mol. The van der Waals surface area contributed by atoms with Gasteiger partial charge in [0.2, 0.25) is 0 Å². The van der Waals surface area contributed by atoms with Crippen molar-refractivity contribution < 1.29 is 9.21 Å². The first kappa shape index (κ1) is 18.3. The van der Waals surface area contributed by atoms with E-state index in [1.165, 1.54) is 19.3 Å². The number of benzene rings is 2. The minimum absolute atomic E-state index is 0.176. The van der Waals surface area contributed by atoms with Crippen molar-refractivity contribution in [2.75, 3.05) is 10.6 Å². The molecule has 0 bridgehead atoms. The lowest BCUT2D eigenvalue weighted by Crippen LogP contribution is -2.26. The summed E-state index contributed by atoms with van der Waals surface area (Å²) in [7, 11) is 0. The van der Waals surface area contributed by atoms with E-state index in [2.05, 4.69) is 10.6 Å². The average molecular weight is 376 g/mol. The van der Waals surface area contributed by atoms with Crippen molar-refractivity contribution in [3.05, 3.63) is 70.1 Å². The van der Waals surface area contributed by atoms with E-state index in [-0.39, 0.29) is 17.6 Å². The molecule has 2 aromatic carbocycles. The molecule has 5 nitrogen and oxygen atoms in total. The topological polar surface area (TPSA) is 71.3 Å². The average Bonchev–Trinajstić information content (AvgIpc) is 2.71. The van der Waals surface area contributed by atoms with Crippen LogP contribution in [0.15, 0.2) is 57.7 Å². The van der Waals surface area contributed by atoms with Crippen LogP contribution in [0, 0.1) is 6.92 Å². The van der Waals surface area contributed by atoms with Crippen LogP contribution in [0.5, 0.6) is 0 Å². The standard InChI is InChI=1S/C23H24N2O3/c1-15-11-13-16(14-12-15)22(26)25-21-20(24-17-7-3-2-4-8-17)18-9-5-6-10-19(18)28-23(21)27/h5-6,9-14,17,24H,2-4,7-8H2,1H3,(H,25,26). The Morgan fingerprint density at radius 1 is 0.964 bits per heavy atom. The number of fused-ring (bicyclic) bond motifs is 1. The summed E-state index contributed by atoms with van der Waals surface area (Å²) < 4.78 is 5.47. The number of carbonyl (C=O) groups is 1. The minimum Gasteiger partial charge on any atom is -0.421 e. The van der Waals surface area contributed by atoms with Crippen LogP contribution in [-0.2, 0) is 0 Å². The fourth-order valence-corrected chi connectivity index (χ4v) is 3.75. The van der Waals surface area contributed by atoms with Gasteiger partial charge in [0.15, 0.2) is 5.69 Å². The van der Waals surface area contributed by atoms with Gasteiger partial charge < -0.3 is 15.1 Å². The number of rotatable bonds is 4. The molecule has 0 radical (unpaired) electrons. The lowest BCUT2D eigenvalue weighted by molar-refractivity contribution is 0.102. The summed E-state index contributed by atoms with van der Waals surface area (Å²) in [5.74, 6) is -0.325. The predicted molar refractivity (Wildman–Crippen MR) is 112 cm³/mol. The molecule has 4 rings (SSSR count). The van der Waals surface area contributed by atoms with Crippen LogP contribution < -0.4 is 16.3 Å². The van der Waals surface area contributed by atoms with Gasteiger partial charge in [0.25, 0.3) is 5.91 Å². The fraction of sp³-hybridized carbons (Fsp3) is 0.304. The van der Waals surface area contributed by atoms with E-state index in [1.54, 1.807) is 18.2 Å². The number of nitrogens with one attached hydrogen (secondary N) is 2. The van der Waals surface area contributed by atoms with E-state index in [0.717, 1.165) is 23.8 Å². The van der Waals surface area contributed by atoms with Crippen molar-refractivity contribution in [1.29, 1.82) is 0 Å². The Kier molecular flexibility index (Phi) is 5.15. The molecule has 1 amide bonds. The van der Waals surface area contributed by atoms with Crippen LogP contribution >= 0.6 is 0 Å². The number of aryl methyl sites for hydroxylation is 1. The van der Waals surface area contributed by atoms with Crippen LogP contribution in [0.1, 0.15) is 48.0 Å². The Morgan fingerprint density at radius 2 is 1.68 bits per heavy atom. The minimum atomic E-state index is -0.544. The van der Waals surface area contributed by atoms with Crippen molar-refractivity contribution in [3.8, 4) is 0 Å². The first-order valence-corrected chi connectivity index (χ1v) is 9.82. The highest BCUT2D eigenvalue weighted by Crippen LogP contribution is 2.32. The maximum absolute atomic E-state index is 12.7. The summed E-state index contributed by atoms with van der Waals surface area (Å²) in [6, 6.07) is 15.0. The summed E-state index contributed by atoms with van der Waals surface area (Å²) in [5.41, 5.74) is 2.37. The van der Waals surface area contributed by atoms with Gasteiger partial charge in [-0.15, -0.1) is 0 Å². The van der Waals surface area contributed by atoms with E-state index in [1.807, 2.05) is 37.3 Å². The molecular weight excluding hydrogens is 352 g/mol.